The van der Waals surface area contributed by atoms with Crippen LogP contribution in [0.15, 0.2) is 59.6 Å². The molecule has 0 amide bonds. The van der Waals surface area contributed by atoms with Crippen molar-refractivity contribution in [3.8, 4) is 28.7 Å². The van der Waals surface area contributed by atoms with Gasteiger partial charge in [0.15, 0.2) is 0 Å². The van der Waals surface area contributed by atoms with Gasteiger partial charge in [-0.2, -0.15) is 10.1 Å². The van der Waals surface area contributed by atoms with E-state index in [4.69, 9.17) is 9.26 Å². The smallest absolute Gasteiger partial charge is 0.265 e. The summed E-state index contributed by atoms with van der Waals surface area (Å²) in [6.45, 7) is 0.625. The molecule has 0 aliphatic heterocycles. The summed E-state index contributed by atoms with van der Waals surface area (Å²) in [7, 11) is 1.75. The molecule has 172 valence electrons. The molecule has 5 rings (SSSR count). The fourth-order valence-corrected chi connectivity index (χ4v) is 3.21. The highest BCUT2D eigenvalue weighted by Crippen LogP contribution is 2.26. The number of aromatic nitrogens is 9. The molecule has 1 aromatic carbocycles. The van der Waals surface area contributed by atoms with E-state index in [1.807, 2.05) is 24.3 Å². The average molecular weight is 465 g/mol. The summed E-state index contributed by atoms with van der Waals surface area (Å²) >= 11 is 0. The van der Waals surface area contributed by atoms with Gasteiger partial charge in [0.2, 0.25) is 11.7 Å². The third kappa shape index (κ3) is 4.48. The zero-order valence-electron chi connectivity index (χ0n) is 17.8. The summed E-state index contributed by atoms with van der Waals surface area (Å²) < 4.78 is 39.8. The van der Waals surface area contributed by atoms with Gasteiger partial charge in [0.25, 0.3) is 12.3 Å². The summed E-state index contributed by atoms with van der Waals surface area (Å²) in [5, 5.41) is 19.4. The van der Waals surface area contributed by atoms with Crippen molar-refractivity contribution in [1.29, 1.82) is 0 Å². The van der Waals surface area contributed by atoms with Gasteiger partial charge in [0.05, 0.1) is 24.0 Å². The van der Waals surface area contributed by atoms with E-state index in [1.165, 1.54) is 12.1 Å². The van der Waals surface area contributed by atoms with Gasteiger partial charge in [-0.1, -0.05) is 29.4 Å². The molecular weight excluding hydrogens is 448 g/mol. The quantitative estimate of drug-likeness (QED) is 0.340. The molecule has 0 saturated carbocycles. The van der Waals surface area contributed by atoms with Gasteiger partial charge in [-0.15, -0.1) is 5.10 Å². The van der Waals surface area contributed by atoms with E-state index < -0.39 is 6.43 Å². The zero-order valence-corrected chi connectivity index (χ0v) is 17.8. The highest BCUT2D eigenvalue weighted by atomic mass is 19.3. The number of tetrazole rings is 1. The second-order valence-corrected chi connectivity index (χ2v) is 7.28. The molecule has 4 aromatic heterocycles. The molecule has 4 heterocycles. The lowest BCUT2D eigenvalue weighted by Gasteiger charge is -2.07. The molecule has 0 bridgehead atoms. The van der Waals surface area contributed by atoms with E-state index in [1.54, 1.807) is 28.9 Å². The van der Waals surface area contributed by atoms with Crippen LogP contribution in [0.5, 0.6) is 5.88 Å². The van der Waals surface area contributed by atoms with Crippen LogP contribution in [0.1, 0.15) is 23.2 Å². The highest BCUT2D eigenvalue weighted by molar-refractivity contribution is 5.61. The van der Waals surface area contributed by atoms with Crippen LogP contribution in [0, 0.1) is 0 Å². The Morgan fingerprint density at radius 3 is 2.65 bits per heavy atom. The Morgan fingerprint density at radius 1 is 1.09 bits per heavy atom. The lowest BCUT2D eigenvalue weighted by molar-refractivity contribution is 0.150. The summed E-state index contributed by atoms with van der Waals surface area (Å²) in [6.07, 6.45) is 1.64. The van der Waals surface area contributed by atoms with E-state index in [2.05, 4.69) is 35.7 Å². The number of halogens is 2. The maximum absolute atomic E-state index is 12.7. The monoisotopic (exact) mass is 465 g/mol. The number of hydrogen-bond acceptors (Lipinski definition) is 9. The predicted molar refractivity (Wildman–Crippen MR) is 112 cm³/mol. The number of hydrogen-bond donors (Lipinski definition) is 0. The van der Waals surface area contributed by atoms with Crippen molar-refractivity contribution in [2.24, 2.45) is 7.05 Å². The maximum atomic E-state index is 12.7. The Hall–Kier alpha value is -4.55. The van der Waals surface area contributed by atoms with Crippen LogP contribution in [0.4, 0.5) is 8.78 Å². The fourth-order valence-electron chi connectivity index (χ4n) is 3.21. The molecule has 0 atom stereocenters. The number of benzene rings is 1. The normalized spacial score (nSPS) is 11.3. The molecule has 5 aromatic rings. The minimum Gasteiger partial charge on any atom is -0.471 e. The molecule has 0 fully saturated rings. The first-order valence-corrected chi connectivity index (χ1v) is 10.1. The molecule has 0 spiro atoms. The van der Waals surface area contributed by atoms with Crippen LogP contribution in [0.3, 0.4) is 0 Å². The zero-order chi connectivity index (χ0) is 23.5. The minimum atomic E-state index is -2.58. The van der Waals surface area contributed by atoms with Crippen LogP contribution in [0.2, 0.25) is 0 Å². The van der Waals surface area contributed by atoms with Crippen molar-refractivity contribution in [1.82, 2.24) is 45.1 Å². The van der Waals surface area contributed by atoms with Gasteiger partial charge in [-0.25, -0.2) is 18.4 Å². The number of ether oxygens (including phenoxy) is 1. The second kappa shape index (κ2) is 9.13. The summed E-state index contributed by atoms with van der Waals surface area (Å²) in [5.74, 6) is 0.911. The topological polar surface area (TPSA) is 122 Å². The number of aryl methyl sites for hydroxylation is 1. The molecule has 0 radical (unpaired) electrons. The first-order chi connectivity index (χ1) is 16.6. The number of rotatable bonds is 8. The minimum absolute atomic E-state index is 0.0798. The summed E-state index contributed by atoms with van der Waals surface area (Å²) in [5.41, 5.74) is 2.88. The molecule has 13 heteroatoms. The van der Waals surface area contributed by atoms with E-state index >= 15 is 0 Å². The predicted octanol–water partition coefficient (Wildman–Crippen LogP) is 3.08. The van der Waals surface area contributed by atoms with Crippen molar-refractivity contribution in [2.45, 2.75) is 19.6 Å². The van der Waals surface area contributed by atoms with Gasteiger partial charge in [0.1, 0.15) is 12.9 Å². The Labute approximate surface area is 191 Å². The maximum Gasteiger partial charge on any atom is 0.265 e. The van der Waals surface area contributed by atoms with Crippen molar-refractivity contribution >= 4 is 0 Å². The molecule has 0 N–H and O–H groups in total. The van der Waals surface area contributed by atoms with E-state index in [9.17, 15) is 8.78 Å². The molecule has 0 unspecified atom stereocenters. The lowest BCUT2D eigenvalue weighted by atomic mass is 10.1. The fraction of sp³-hybridized carbons (Fsp3) is 0.190. The van der Waals surface area contributed by atoms with Crippen LogP contribution in [-0.2, 0) is 20.2 Å². The van der Waals surface area contributed by atoms with Gasteiger partial charge in [0, 0.05) is 30.4 Å². The largest absolute Gasteiger partial charge is 0.471 e. The Kier molecular flexibility index (Phi) is 5.72. The van der Waals surface area contributed by atoms with Crippen LogP contribution >= 0.6 is 0 Å². The Balaban J connectivity index is 1.30. The number of pyridine rings is 1. The van der Waals surface area contributed by atoms with Crippen LogP contribution in [0.25, 0.3) is 22.8 Å². The molecule has 0 aliphatic rings. The standard InChI is InChI=1S/C21H17F2N9O2/c1-31-17(11-33-18-7-6-15(8-24-18)19(22)23)16(9-26-31)21-27-20(28-34-21)14-4-2-13(3-5-14)10-32-12-25-29-30-32/h2-9,12,19H,10-11H2,1H3. The van der Waals surface area contributed by atoms with Crippen molar-refractivity contribution in [3.63, 3.8) is 0 Å². The van der Waals surface area contributed by atoms with Gasteiger partial charge < -0.3 is 9.26 Å². The Bertz CT molecular complexity index is 1360. The van der Waals surface area contributed by atoms with Crippen molar-refractivity contribution in [2.75, 3.05) is 0 Å². The molecule has 11 nitrogen and oxygen atoms in total. The third-order valence-corrected chi connectivity index (χ3v) is 5.03. The van der Waals surface area contributed by atoms with E-state index in [0.717, 1.165) is 17.3 Å². The molecule has 0 aliphatic carbocycles. The first kappa shape index (κ1) is 21.3. The number of alkyl halides is 2. The average Bonchev–Trinajstić information content (AvgIpc) is 3.60. The van der Waals surface area contributed by atoms with E-state index in [-0.39, 0.29) is 23.9 Å². The summed E-state index contributed by atoms with van der Waals surface area (Å²) in [4.78, 5) is 8.40. The highest BCUT2D eigenvalue weighted by Gasteiger charge is 2.19. The second-order valence-electron chi connectivity index (χ2n) is 7.28. The van der Waals surface area contributed by atoms with E-state index in [0.29, 0.717) is 23.6 Å². The summed E-state index contributed by atoms with van der Waals surface area (Å²) in [6, 6.07) is 10.3. The SMILES string of the molecule is Cn1ncc(-c2nc(-c3ccc(Cn4cnnn4)cc3)no2)c1COc1ccc(C(F)F)cn1. The van der Waals surface area contributed by atoms with Crippen molar-refractivity contribution in [3.05, 3.63) is 71.9 Å². The molecule has 0 saturated heterocycles. The van der Waals surface area contributed by atoms with Crippen LogP contribution < -0.4 is 4.74 Å². The number of nitrogens with zero attached hydrogens (tertiary/aromatic N) is 9. The Morgan fingerprint density at radius 2 is 1.94 bits per heavy atom. The lowest BCUT2D eigenvalue weighted by Crippen LogP contribution is -2.05. The first-order valence-electron chi connectivity index (χ1n) is 10.1. The molecular formula is C21H17F2N9O2. The van der Waals surface area contributed by atoms with Gasteiger partial charge in [-0.05, 0) is 22.1 Å². The molecule has 34 heavy (non-hydrogen) atoms. The van der Waals surface area contributed by atoms with Gasteiger partial charge in [-0.3, -0.25) is 4.68 Å². The van der Waals surface area contributed by atoms with Gasteiger partial charge >= 0.3 is 0 Å². The third-order valence-electron chi connectivity index (χ3n) is 5.03. The van der Waals surface area contributed by atoms with Crippen LogP contribution in [-0.4, -0.2) is 45.1 Å². The van der Waals surface area contributed by atoms with Crippen molar-refractivity contribution < 1.29 is 18.0 Å².